The second-order valence-electron chi connectivity index (χ2n) is 2.26. The molecule has 0 N–H and O–H groups in total. The Bertz CT molecular complexity index is 286. The van der Waals surface area contributed by atoms with Crippen LogP contribution in [0.3, 0.4) is 0 Å². The van der Waals surface area contributed by atoms with Crippen molar-refractivity contribution in [1.82, 2.24) is 0 Å². The van der Waals surface area contributed by atoms with Crippen LogP contribution >= 0.6 is 0 Å². The highest BCUT2D eigenvalue weighted by Gasteiger charge is 2.11. The maximum Gasteiger partial charge on any atom is 0.228 e. The number of alkyl halides is 1. The molecule has 4 heteroatoms. The van der Waals surface area contributed by atoms with Gasteiger partial charge < -0.3 is 4.74 Å². The summed E-state index contributed by atoms with van der Waals surface area (Å²) in [5.74, 6) is -2.55. The zero-order chi connectivity index (χ0) is 9.14. The summed E-state index contributed by atoms with van der Waals surface area (Å²) in [5, 5.41) is 0. The molecule has 66 valence electrons. The first-order chi connectivity index (χ1) is 5.66. The van der Waals surface area contributed by atoms with Crippen LogP contribution in [0.4, 0.5) is 13.2 Å². The molecule has 0 saturated heterocycles. The standard InChI is InChI=1S/C8H7F3O/c1-5-2-3-6(10)7(11)8(5)12-4-9/h2-3H,4H2,1H3. The molecule has 0 fully saturated rings. The Morgan fingerprint density at radius 3 is 2.58 bits per heavy atom. The van der Waals surface area contributed by atoms with E-state index in [1.165, 1.54) is 13.0 Å². The Morgan fingerprint density at radius 2 is 2.00 bits per heavy atom. The molecule has 0 radical (unpaired) electrons. The van der Waals surface area contributed by atoms with Crippen LogP contribution in [0.1, 0.15) is 5.56 Å². The fourth-order valence-corrected chi connectivity index (χ4v) is 0.860. The van der Waals surface area contributed by atoms with E-state index in [1.54, 1.807) is 0 Å². The summed E-state index contributed by atoms with van der Waals surface area (Å²) >= 11 is 0. The lowest BCUT2D eigenvalue weighted by Gasteiger charge is -2.06. The van der Waals surface area contributed by atoms with Crippen molar-refractivity contribution in [3.8, 4) is 5.75 Å². The number of hydrogen-bond donors (Lipinski definition) is 0. The first-order valence-electron chi connectivity index (χ1n) is 3.30. The van der Waals surface area contributed by atoms with Crippen LogP contribution in [0.2, 0.25) is 0 Å². The van der Waals surface area contributed by atoms with Crippen molar-refractivity contribution in [2.75, 3.05) is 6.86 Å². The summed E-state index contributed by atoms with van der Waals surface area (Å²) in [6.45, 7) is 0.342. The fourth-order valence-electron chi connectivity index (χ4n) is 0.860. The minimum atomic E-state index is -1.17. The van der Waals surface area contributed by atoms with Crippen LogP contribution in [0.15, 0.2) is 12.1 Å². The molecule has 0 heterocycles. The van der Waals surface area contributed by atoms with Crippen molar-refractivity contribution >= 4 is 0 Å². The molecule has 0 spiro atoms. The topological polar surface area (TPSA) is 9.23 Å². The largest absolute Gasteiger partial charge is 0.459 e. The van der Waals surface area contributed by atoms with Gasteiger partial charge in [0.1, 0.15) is 0 Å². The van der Waals surface area contributed by atoms with Gasteiger partial charge in [-0.2, -0.15) is 4.39 Å². The average molecular weight is 176 g/mol. The van der Waals surface area contributed by atoms with Gasteiger partial charge in [0.25, 0.3) is 0 Å². The van der Waals surface area contributed by atoms with Crippen molar-refractivity contribution in [2.24, 2.45) is 0 Å². The molecule has 1 aromatic carbocycles. The third kappa shape index (κ3) is 1.52. The number of hydrogen-bond acceptors (Lipinski definition) is 1. The van der Waals surface area contributed by atoms with E-state index in [4.69, 9.17) is 0 Å². The highest BCUT2D eigenvalue weighted by Crippen LogP contribution is 2.24. The van der Waals surface area contributed by atoms with E-state index in [1.807, 2.05) is 0 Å². The summed E-state index contributed by atoms with van der Waals surface area (Å²) in [6.07, 6.45) is 0. The molecule has 0 aliphatic heterocycles. The number of halogens is 3. The number of rotatable bonds is 2. The third-order valence-corrected chi connectivity index (χ3v) is 1.45. The molecule has 0 aromatic heterocycles. The minimum Gasteiger partial charge on any atom is -0.459 e. The van der Waals surface area contributed by atoms with Gasteiger partial charge in [-0.15, -0.1) is 0 Å². The van der Waals surface area contributed by atoms with Gasteiger partial charge in [0.15, 0.2) is 11.6 Å². The SMILES string of the molecule is Cc1ccc(F)c(F)c1OCF. The van der Waals surface area contributed by atoms with Crippen LogP contribution in [0.5, 0.6) is 5.75 Å². The first kappa shape index (κ1) is 8.90. The Labute approximate surface area is 67.8 Å². The van der Waals surface area contributed by atoms with Crippen molar-refractivity contribution in [2.45, 2.75) is 6.92 Å². The molecule has 0 atom stereocenters. The number of aryl methyl sites for hydroxylation is 1. The highest BCUT2D eigenvalue weighted by atomic mass is 19.2. The molecule has 0 saturated carbocycles. The van der Waals surface area contributed by atoms with Gasteiger partial charge in [-0.05, 0) is 18.6 Å². The Balaban J connectivity index is 3.14. The van der Waals surface area contributed by atoms with E-state index in [9.17, 15) is 13.2 Å². The van der Waals surface area contributed by atoms with Gasteiger partial charge >= 0.3 is 0 Å². The third-order valence-electron chi connectivity index (χ3n) is 1.45. The Kier molecular flexibility index (Phi) is 2.58. The van der Waals surface area contributed by atoms with E-state index < -0.39 is 18.5 Å². The summed E-state index contributed by atoms with van der Waals surface area (Å²) in [7, 11) is 0. The van der Waals surface area contributed by atoms with Gasteiger partial charge in [-0.3, -0.25) is 0 Å². The molecule has 0 unspecified atom stereocenters. The second-order valence-corrected chi connectivity index (χ2v) is 2.26. The number of benzene rings is 1. The predicted molar refractivity (Wildman–Crippen MR) is 37.7 cm³/mol. The van der Waals surface area contributed by atoms with E-state index in [0.717, 1.165) is 6.07 Å². The lowest BCUT2D eigenvalue weighted by atomic mass is 10.2. The van der Waals surface area contributed by atoms with Crippen LogP contribution in [-0.2, 0) is 0 Å². The van der Waals surface area contributed by atoms with Gasteiger partial charge in [0, 0.05) is 0 Å². The molecule has 0 bridgehead atoms. The van der Waals surface area contributed by atoms with Crippen molar-refractivity contribution in [3.05, 3.63) is 29.3 Å². The smallest absolute Gasteiger partial charge is 0.228 e. The van der Waals surface area contributed by atoms with Gasteiger partial charge in [-0.1, -0.05) is 6.07 Å². The van der Waals surface area contributed by atoms with Crippen LogP contribution in [0.25, 0.3) is 0 Å². The van der Waals surface area contributed by atoms with E-state index in [2.05, 4.69) is 4.74 Å². The average Bonchev–Trinajstić information content (AvgIpc) is 2.06. The molecule has 1 nitrogen and oxygen atoms in total. The fraction of sp³-hybridized carbons (Fsp3) is 0.250. The summed E-state index contributed by atoms with van der Waals surface area (Å²) < 4.78 is 41.2. The molecule has 0 aliphatic carbocycles. The van der Waals surface area contributed by atoms with Gasteiger partial charge in [0.2, 0.25) is 12.7 Å². The summed E-state index contributed by atoms with van der Waals surface area (Å²) in [6, 6.07) is 2.29. The van der Waals surface area contributed by atoms with Crippen LogP contribution in [-0.4, -0.2) is 6.86 Å². The van der Waals surface area contributed by atoms with Crippen molar-refractivity contribution in [3.63, 3.8) is 0 Å². The summed E-state index contributed by atoms with van der Waals surface area (Å²) in [5.41, 5.74) is 0.367. The normalized spacial score (nSPS) is 10.0. The predicted octanol–water partition coefficient (Wildman–Crippen LogP) is 2.58. The Morgan fingerprint density at radius 1 is 1.33 bits per heavy atom. The van der Waals surface area contributed by atoms with Gasteiger partial charge in [0.05, 0.1) is 0 Å². The molecular weight excluding hydrogens is 169 g/mol. The zero-order valence-electron chi connectivity index (χ0n) is 6.40. The molecule has 0 amide bonds. The van der Waals surface area contributed by atoms with Gasteiger partial charge in [-0.25, -0.2) is 8.78 Å². The van der Waals surface area contributed by atoms with Crippen molar-refractivity contribution < 1.29 is 17.9 Å². The highest BCUT2D eigenvalue weighted by molar-refractivity contribution is 5.34. The molecule has 1 rings (SSSR count). The molecular formula is C8H7F3O. The quantitative estimate of drug-likeness (QED) is 0.672. The second kappa shape index (κ2) is 3.47. The monoisotopic (exact) mass is 176 g/mol. The maximum absolute atomic E-state index is 12.8. The number of ether oxygens (including phenoxy) is 1. The van der Waals surface area contributed by atoms with Crippen molar-refractivity contribution in [1.29, 1.82) is 0 Å². The van der Waals surface area contributed by atoms with Crippen LogP contribution in [0, 0.1) is 18.6 Å². The summed E-state index contributed by atoms with van der Waals surface area (Å²) in [4.78, 5) is 0. The van der Waals surface area contributed by atoms with Crippen LogP contribution < -0.4 is 4.74 Å². The molecule has 0 aliphatic rings. The zero-order valence-corrected chi connectivity index (χ0v) is 6.40. The molecule has 1 aromatic rings. The maximum atomic E-state index is 12.8. The first-order valence-corrected chi connectivity index (χ1v) is 3.30. The lowest BCUT2D eigenvalue weighted by molar-refractivity contribution is 0.181. The Hall–Kier alpha value is -1.19. The lowest BCUT2D eigenvalue weighted by Crippen LogP contribution is -1.98. The molecule has 12 heavy (non-hydrogen) atoms. The minimum absolute atomic E-state index is 0.363. The van der Waals surface area contributed by atoms with E-state index in [0.29, 0.717) is 5.56 Å². The van der Waals surface area contributed by atoms with E-state index in [-0.39, 0.29) is 5.75 Å². The van der Waals surface area contributed by atoms with E-state index >= 15 is 0 Å².